The average molecular weight is 376 g/mol. The number of halogens is 2. The molecule has 0 amide bonds. The van der Waals surface area contributed by atoms with E-state index in [4.69, 9.17) is 20.9 Å². The van der Waals surface area contributed by atoms with E-state index in [1.165, 1.54) is 12.1 Å². The van der Waals surface area contributed by atoms with Gasteiger partial charge in [0, 0.05) is 23.7 Å². The molecule has 6 nitrogen and oxygen atoms in total. The summed E-state index contributed by atoms with van der Waals surface area (Å²) in [7, 11) is 0. The number of aromatic nitrogens is 3. The molecule has 1 aliphatic heterocycles. The molecule has 134 valence electrons. The van der Waals surface area contributed by atoms with Crippen molar-refractivity contribution in [2.24, 2.45) is 0 Å². The molecule has 0 saturated carbocycles. The number of benzene rings is 1. The minimum Gasteiger partial charge on any atom is -0.469 e. The van der Waals surface area contributed by atoms with Gasteiger partial charge in [-0.2, -0.15) is 4.98 Å². The van der Waals surface area contributed by atoms with Crippen LogP contribution in [0, 0.1) is 5.82 Å². The zero-order valence-corrected chi connectivity index (χ0v) is 14.8. The van der Waals surface area contributed by atoms with Gasteiger partial charge >= 0.3 is 0 Å². The molecule has 0 bridgehead atoms. The van der Waals surface area contributed by atoms with E-state index in [-0.39, 0.29) is 16.7 Å². The van der Waals surface area contributed by atoms with Crippen LogP contribution in [0.2, 0.25) is 5.02 Å². The first-order chi connectivity index (χ1) is 12.3. The summed E-state index contributed by atoms with van der Waals surface area (Å²) < 4.78 is 24.6. The lowest BCUT2D eigenvalue weighted by Crippen LogP contribution is -2.46. The lowest BCUT2D eigenvalue weighted by molar-refractivity contribution is -0.0442. The fraction of sp³-hybridized carbons (Fsp3) is 0.278. The monoisotopic (exact) mass is 375 g/mol. The van der Waals surface area contributed by atoms with Gasteiger partial charge in [-0.15, -0.1) is 0 Å². The van der Waals surface area contributed by atoms with E-state index < -0.39 is 17.5 Å². The first-order valence-corrected chi connectivity index (χ1v) is 8.37. The van der Waals surface area contributed by atoms with Crippen molar-refractivity contribution in [1.82, 2.24) is 15.1 Å². The first kappa shape index (κ1) is 16.9. The third-order valence-corrected chi connectivity index (χ3v) is 4.66. The molecule has 2 aromatic heterocycles. The second-order valence-electron chi connectivity index (χ2n) is 6.67. The summed E-state index contributed by atoms with van der Waals surface area (Å²) in [6.45, 7) is 3.62. The Morgan fingerprint density at radius 1 is 1.27 bits per heavy atom. The van der Waals surface area contributed by atoms with Crippen LogP contribution in [0.5, 0.6) is 5.88 Å². The highest BCUT2D eigenvalue weighted by molar-refractivity contribution is 6.30. The van der Waals surface area contributed by atoms with E-state index in [0.717, 1.165) is 5.56 Å². The van der Waals surface area contributed by atoms with Crippen LogP contribution < -0.4 is 4.74 Å². The lowest BCUT2D eigenvalue weighted by atomic mass is 9.92. The number of pyridine rings is 1. The van der Waals surface area contributed by atoms with E-state index in [2.05, 4.69) is 15.1 Å². The molecular weight excluding hydrogens is 361 g/mol. The smallest absolute Gasteiger partial charge is 0.259 e. The molecule has 3 heterocycles. The molecule has 4 rings (SSSR count). The van der Waals surface area contributed by atoms with Gasteiger partial charge in [0.1, 0.15) is 11.4 Å². The van der Waals surface area contributed by atoms with Crippen molar-refractivity contribution in [2.75, 3.05) is 0 Å². The molecule has 1 atom stereocenters. The third-order valence-electron chi connectivity index (χ3n) is 4.35. The summed E-state index contributed by atoms with van der Waals surface area (Å²) in [5, 5.41) is 14.1. The molecule has 8 heteroatoms. The Hall–Kier alpha value is -2.51. The van der Waals surface area contributed by atoms with E-state index in [9.17, 15) is 9.50 Å². The number of ether oxygens (including phenoxy) is 1. The van der Waals surface area contributed by atoms with Crippen molar-refractivity contribution >= 4 is 11.6 Å². The fourth-order valence-electron chi connectivity index (χ4n) is 2.72. The van der Waals surface area contributed by atoms with Crippen LogP contribution in [0.25, 0.3) is 22.8 Å². The Labute approximate surface area is 153 Å². The van der Waals surface area contributed by atoms with Crippen LogP contribution in [-0.4, -0.2) is 31.9 Å². The third kappa shape index (κ3) is 2.93. The highest BCUT2D eigenvalue weighted by Crippen LogP contribution is 2.34. The lowest BCUT2D eigenvalue weighted by Gasteiger charge is -2.36. The predicted molar refractivity (Wildman–Crippen MR) is 92.4 cm³/mol. The Morgan fingerprint density at radius 3 is 2.85 bits per heavy atom. The van der Waals surface area contributed by atoms with Crippen LogP contribution >= 0.6 is 11.6 Å². The Bertz CT molecular complexity index is 990. The van der Waals surface area contributed by atoms with E-state index >= 15 is 0 Å². The SMILES string of the molecule is CC1(C)Oc2ncc(-c3nc(-c4ccc(Cl)c(F)c4)no3)cc2C[C@H]1O. The van der Waals surface area contributed by atoms with E-state index in [0.29, 0.717) is 23.4 Å². The zero-order valence-electron chi connectivity index (χ0n) is 14.0. The molecule has 0 spiro atoms. The number of hydrogen-bond donors (Lipinski definition) is 1. The molecule has 0 unspecified atom stereocenters. The minimum absolute atomic E-state index is 0.0258. The molecule has 0 aliphatic carbocycles. The van der Waals surface area contributed by atoms with Crippen molar-refractivity contribution in [1.29, 1.82) is 0 Å². The second-order valence-corrected chi connectivity index (χ2v) is 7.07. The van der Waals surface area contributed by atoms with Gasteiger partial charge in [-0.25, -0.2) is 9.37 Å². The number of nitrogens with zero attached hydrogens (tertiary/aromatic N) is 3. The summed E-state index contributed by atoms with van der Waals surface area (Å²) in [6, 6.07) is 6.08. The standard InChI is InChI=1S/C18H15ClFN3O3/c1-18(2)14(24)7-10-5-11(8-21-16(10)25-18)17-22-15(23-26-17)9-3-4-12(19)13(20)6-9/h3-6,8,14,24H,7H2,1-2H3/t14-/m1/s1. The highest BCUT2D eigenvalue weighted by Gasteiger charge is 2.36. The molecule has 3 aromatic rings. The van der Waals surface area contributed by atoms with E-state index in [1.807, 2.05) is 13.8 Å². The van der Waals surface area contributed by atoms with Gasteiger partial charge in [0.15, 0.2) is 0 Å². The molecule has 0 saturated heterocycles. The van der Waals surface area contributed by atoms with E-state index in [1.54, 1.807) is 18.3 Å². The van der Waals surface area contributed by atoms with Crippen molar-refractivity contribution in [3.63, 3.8) is 0 Å². The summed E-state index contributed by atoms with van der Waals surface area (Å²) >= 11 is 5.69. The number of aliphatic hydroxyl groups excluding tert-OH is 1. The van der Waals surface area contributed by atoms with Gasteiger partial charge in [-0.1, -0.05) is 16.8 Å². The van der Waals surface area contributed by atoms with Crippen LogP contribution in [0.3, 0.4) is 0 Å². The maximum Gasteiger partial charge on any atom is 0.259 e. The second kappa shape index (κ2) is 6.03. The average Bonchev–Trinajstić information content (AvgIpc) is 3.08. The highest BCUT2D eigenvalue weighted by atomic mass is 35.5. The Balaban J connectivity index is 1.66. The molecule has 0 fully saturated rings. The minimum atomic E-state index is -0.697. The predicted octanol–water partition coefficient (Wildman–Crippen LogP) is 3.67. The molecular formula is C18H15ClFN3O3. The fourth-order valence-corrected chi connectivity index (χ4v) is 2.83. The number of rotatable bonds is 2. The van der Waals surface area contributed by atoms with Crippen molar-refractivity contribution < 1.29 is 18.8 Å². The first-order valence-electron chi connectivity index (χ1n) is 7.99. The van der Waals surface area contributed by atoms with Crippen molar-refractivity contribution in [3.8, 4) is 28.7 Å². The van der Waals surface area contributed by atoms with Gasteiger partial charge in [-0.05, 0) is 38.1 Å². The number of aliphatic hydroxyl groups is 1. The van der Waals surface area contributed by atoms with Crippen molar-refractivity contribution in [3.05, 3.63) is 46.9 Å². The summed E-state index contributed by atoms with van der Waals surface area (Å²) in [5.41, 5.74) is 1.10. The van der Waals surface area contributed by atoms with Crippen LogP contribution in [0.1, 0.15) is 19.4 Å². The van der Waals surface area contributed by atoms with Gasteiger partial charge in [-0.3, -0.25) is 0 Å². The zero-order chi connectivity index (χ0) is 18.5. The van der Waals surface area contributed by atoms with Crippen LogP contribution in [0.4, 0.5) is 4.39 Å². The Kier molecular flexibility index (Phi) is 3.93. The maximum atomic E-state index is 13.6. The number of fused-ring (bicyclic) bond motifs is 1. The number of hydrogen-bond acceptors (Lipinski definition) is 6. The van der Waals surface area contributed by atoms with Crippen molar-refractivity contribution in [2.45, 2.75) is 32.0 Å². The molecule has 26 heavy (non-hydrogen) atoms. The van der Waals surface area contributed by atoms with Gasteiger partial charge in [0.05, 0.1) is 16.7 Å². The largest absolute Gasteiger partial charge is 0.469 e. The van der Waals surface area contributed by atoms with Gasteiger partial charge in [0.25, 0.3) is 5.89 Å². The summed E-state index contributed by atoms with van der Waals surface area (Å²) in [5.74, 6) is 0.402. The normalized spacial score (nSPS) is 18.3. The summed E-state index contributed by atoms with van der Waals surface area (Å²) in [6.07, 6.45) is 1.32. The Morgan fingerprint density at radius 2 is 2.08 bits per heavy atom. The maximum absolute atomic E-state index is 13.6. The summed E-state index contributed by atoms with van der Waals surface area (Å²) in [4.78, 5) is 8.58. The van der Waals surface area contributed by atoms with Crippen LogP contribution in [-0.2, 0) is 6.42 Å². The van der Waals surface area contributed by atoms with Gasteiger partial charge in [0.2, 0.25) is 11.7 Å². The molecule has 1 N–H and O–H groups in total. The quantitative estimate of drug-likeness (QED) is 0.736. The van der Waals surface area contributed by atoms with Crippen LogP contribution in [0.15, 0.2) is 35.0 Å². The molecule has 1 aliphatic rings. The van der Waals surface area contributed by atoms with Gasteiger partial charge < -0.3 is 14.4 Å². The molecule has 0 radical (unpaired) electrons. The topological polar surface area (TPSA) is 81.3 Å². The molecule has 1 aromatic carbocycles.